The lowest BCUT2D eigenvalue weighted by Gasteiger charge is -2.04. The van der Waals surface area contributed by atoms with Crippen LogP contribution in [0.5, 0.6) is 5.75 Å². The average Bonchev–Trinajstić information content (AvgIpc) is 3.00. The van der Waals surface area contributed by atoms with E-state index in [2.05, 4.69) is 5.10 Å². The second-order valence-corrected chi connectivity index (χ2v) is 6.66. The summed E-state index contributed by atoms with van der Waals surface area (Å²) in [6.45, 7) is 2.08. The number of hydrogen-bond acceptors (Lipinski definition) is 4. The molecular weight excluding hydrogens is 393 g/mol. The Balaban J connectivity index is 1.91. The highest BCUT2D eigenvalue weighted by Crippen LogP contribution is 2.25. The number of halogens is 2. The molecule has 0 radical (unpaired) electrons. The number of methoxy groups -OCH3 is 1. The van der Waals surface area contributed by atoms with Gasteiger partial charge < -0.3 is 4.74 Å². The molecule has 0 saturated carbocycles. The molecule has 1 heterocycles. The molecule has 0 aliphatic heterocycles. The van der Waals surface area contributed by atoms with E-state index in [1.165, 1.54) is 25.3 Å². The van der Waals surface area contributed by atoms with Crippen molar-refractivity contribution in [1.29, 1.82) is 5.26 Å². The maximum Gasteiger partial charge on any atom is 0.203 e. The lowest BCUT2D eigenvalue weighted by atomic mass is 10.0. The van der Waals surface area contributed by atoms with E-state index in [9.17, 15) is 14.4 Å². The molecule has 0 atom stereocenters. The van der Waals surface area contributed by atoms with Crippen LogP contribution in [0.2, 0.25) is 5.15 Å². The summed E-state index contributed by atoms with van der Waals surface area (Å²) in [5, 5.41) is 14.2. The summed E-state index contributed by atoms with van der Waals surface area (Å²) in [7, 11) is 1.53. The molecule has 0 unspecified atom stereocenters. The minimum Gasteiger partial charge on any atom is -0.497 e. The molecule has 0 fully saturated rings. The zero-order valence-corrected chi connectivity index (χ0v) is 16.6. The van der Waals surface area contributed by atoms with Crippen molar-refractivity contribution in [3.8, 4) is 11.8 Å². The minimum absolute atomic E-state index is 0.0542. The summed E-state index contributed by atoms with van der Waals surface area (Å²) in [5.41, 5.74) is 2.20. The van der Waals surface area contributed by atoms with Gasteiger partial charge in [0, 0.05) is 11.1 Å². The Morgan fingerprint density at radius 2 is 1.90 bits per heavy atom. The van der Waals surface area contributed by atoms with Crippen LogP contribution >= 0.6 is 11.6 Å². The molecule has 5 nitrogen and oxygen atoms in total. The fraction of sp³-hybridized carbons (Fsp3) is 0.136. The summed E-state index contributed by atoms with van der Waals surface area (Å²) in [4.78, 5) is 12.7. The van der Waals surface area contributed by atoms with Gasteiger partial charge in [0.1, 0.15) is 28.4 Å². The highest BCUT2D eigenvalue weighted by Gasteiger charge is 2.17. The van der Waals surface area contributed by atoms with Crippen LogP contribution in [0.4, 0.5) is 4.39 Å². The Morgan fingerprint density at radius 3 is 2.48 bits per heavy atom. The second-order valence-electron chi connectivity index (χ2n) is 6.30. The summed E-state index contributed by atoms with van der Waals surface area (Å²) >= 11 is 6.45. The molecule has 0 aliphatic carbocycles. The van der Waals surface area contributed by atoms with E-state index in [1.807, 2.05) is 6.07 Å². The molecule has 0 amide bonds. The SMILES string of the molecule is COc1ccc(C(=O)/C(C#N)=C/c2c(C)nn(Cc3ccc(F)cc3)c2Cl)cc1. The van der Waals surface area contributed by atoms with Crippen molar-refractivity contribution in [3.05, 3.63) is 87.5 Å². The van der Waals surface area contributed by atoms with Gasteiger partial charge >= 0.3 is 0 Å². The molecule has 29 heavy (non-hydrogen) atoms. The number of ketones is 1. The number of nitriles is 1. The van der Waals surface area contributed by atoms with E-state index in [4.69, 9.17) is 16.3 Å². The number of ether oxygens (including phenoxy) is 1. The highest BCUT2D eigenvalue weighted by molar-refractivity contribution is 6.31. The molecule has 3 aromatic rings. The Labute approximate surface area is 172 Å². The van der Waals surface area contributed by atoms with Crippen LogP contribution in [0, 0.1) is 24.1 Å². The first-order valence-corrected chi connectivity index (χ1v) is 9.08. The third kappa shape index (κ3) is 4.53. The predicted molar refractivity (Wildman–Crippen MR) is 108 cm³/mol. The fourth-order valence-electron chi connectivity index (χ4n) is 2.79. The van der Waals surface area contributed by atoms with Crippen LogP contribution in [-0.2, 0) is 6.54 Å². The Kier molecular flexibility index (Phi) is 6.10. The van der Waals surface area contributed by atoms with Crippen molar-refractivity contribution >= 4 is 23.5 Å². The number of carbonyl (C=O) groups excluding carboxylic acids is 1. The third-order valence-electron chi connectivity index (χ3n) is 4.36. The molecule has 3 rings (SSSR count). The maximum absolute atomic E-state index is 13.1. The first-order valence-electron chi connectivity index (χ1n) is 8.71. The second kappa shape index (κ2) is 8.72. The summed E-state index contributed by atoms with van der Waals surface area (Å²) < 4.78 is 19.7. The Bertz CT molecular complexity index is 1110. The van der Waals surface area contributed by atoms with Gasteiger partial charge in [-0.15, -0.1) is 0 Å². The van der Waals surface area contributed by atoms with Gasteiger partial charge in [0.25, 0.3) is 0 Å². The summed E-state index contributed by atoms with van der Waals surface area (Å²) in [6, 6.07) is 14.5. The standard InChI is InChI=1S/C22H17ClFN3O2/c1-14-20(22(23)27(26-14)13-15-3-7-18(24)8-4-15)11-17(12-25)21(28)16-5-9-19(29-2)10-6-16/h3-11H,13H2,1-2H3/b17-11+. The van der Waals surface area contributed by atoms with Crippen molar-refractivity contribution in [1.82, 2.24) is 9.78 Å². The molecule has 2 aromatic carbocycles. The number of allylic oxidation sites excluding steroid dienone is 1. The molecule has 0 bridgehead atoms. The largest absolute Gasteiger partial charge is 0.497 e. The molecule has 0 aliphatic rings. The normalized spacial score (nSPS) is 11.2. The smallest absolute Gasteiger partial charge is 0.203 e. The van der Waals surface area contributed by atoms with Gasteiger partial charge in [-0.3, -0.25) is 4.79 Å². The Hall–Kier alpha value is -3.43. The molecule has 0 N–H and O–H groups in total. The maximum atomic E-state index is 13.1. The van der Waals surface area contributed by atoms with Crippen molar-refractivity contribution < 1.29 is 13.9 Å². The zero-order chi connectivity index (χ0) is 21.0. The molecule has 1 aromatic heterocycles. The van der Waals surface area contributed by atoms with E-state index in [-0.39, 0.29) is 11.4 Å². The number of Topliss-reactive ketones (excluding diaryl/α,β-unsaturated/α-hetero) is 1. The van der Waals surface area contributed by atoms with Crippen LogP contribution in [0.15, 0.2) is 54.1 Å². The fourth-order valence-corrected chi connectivity index (χ4v) is 3.08. The van der Waals surface area contributed by atoms with Crippen LogP contribution in [0.3, 0.4) is 0 Å². The summed E-state index contributed by atoms with van der Waals surface area (Å²) in [6.07, 6.45) is 1.44. The number of nitrogens with zero attached hydrogens (tertiary/aromatic N) is 3. The van der Waals surface area contributed by atoms with E-state index < -0.39 is 5.78 Å². The van der Waals surface area contributed by atoms with Gasteiger partial charge in [-0.05, 0) is 55.0 Å². The van der Waals surface area contributed by atoms with Crippen molar-refractivity contribution in [3.63, 3.8) is 0 Å². The van der Waals surface area contributed by atoms with Gasteiger partial charge in [-0.2, -0.15) is 10.4 Å². The molecule has 0 spiro atoms. The zero-order valence-electron chi connectivity index (χ0n) is 15.8. The first-order chi connectivity index (χ1) is 13.9. The lowest BCUT2D eigenvalue weighted by molar-refractivity contribution is 0.104. The molecular formula is C22H17ClFN3O2. The molecule has 146 valence electrons. The van der Waals surface area contributed by atoms with Crippen LogP contribution in [-0.4, -0.2) is 22.7 Å². The van der Waals surface area contributed by atoms with Gasteiger partial charge in [0.2, 0.25) is 5.78 Å². The molecule has 7 heteroatoms. The predicted octanol–water partition coefficient (Wildman–Crippen LogP) is 4.83. The van der Waals surface area contributed by atoms with E-state index >= 15 is 0 Å². The van der Waals surface area contributed by atoms with E-state index in [1.54, 1.807) is 48.0 Å². The quantitative estimate of drug-likeness (QED) is 0.332. The average molecular weight is 410 g/mol. The number of benzene rings is 2. The van der Waals surface area contributed by atoms with E-state index in [0.717, 1.165) is 5.56 Å². The topological polar surface area (TPSA) is 67.9 Å². The van der Waals surface area contributed by atoms with Gasteiger partial charge in [0.15, 0.2) is 0 Å². The van der Waals surface area contributed by atoms with E-state index in [0.29, 0.717) is 34.3 Å². The third-order valence-corrected chi connectivity index (χ3v) is 4.76. The summed E-state index contributed by atoms with van der Waals surface area (Å²) in [5.74, 6) is -0.127. The number of hydrogen-bond donors (Lipinski definition) is 0. The minimum atomic E-state index is -0.420. The highest BCUT2D eigenvalue weighted by atomic mass is 35.5. The lowest BCUT2D eigenvalue weighted by Crippen LogP contribution is -2.03. The number of aromatic nitrogens is 2. The number of rotatable bonds is 6. The van der Waals surface area contributed by atoms with Gasteiger partial charge in [0.05, 0.1) is 19.3 Å². The van der Waals surface area contributed by atoms with Crippen LogP contribution in [0.25, 0.3) is 6.08 Å². The van der Waals surface area contributed by atoms with Gasteiger partial charge in [-0.25, -0.2) is 9.07 Å². The van der Waals surface area contributed by atoms with Crippen LogP contribution in [0.1, 0.15) is 27.2 Å². The number of carbonyl (C=O) groups is 1. The van der Waals surface area contributed by atoms with Crippen molar-refractivity contribution in [2.75, 3.05) is 7.11 Å². The Morgan fingerprint density at radius 1 is 1.24 bits per heavy atom. The first kappa shape index (κ1) is 20.3. The van der Waals surface area contributed by atoms with Crippen molar-refractivity contribution in [2.45, 2.75) is 13.5 Å². The van der Waals surface area contributed by atoms with Crippen LogP contribution < -0.4 is 4.74 Å². The van der Waals surface area contributed by atoms with Gasteiger partial charge in [-0.1, -0.05) is 23.7 Å². The monoisotopic (exact) mass is 409 g/mol. The van der Waals surface area contributed by atoms with Crippen molar-refractivity contribution in [2.24, 2.45) is 0 Å². The number of aryl methyl sites for hydroxylation is 1. The molecule has 0 saturated heterocycles.